The summed E-state index contributed by atoms with van der Waals surface area (Å²) in [5.74, 6) is 1.28. The lowest BCUT2D eigenvalue weighted by molar-refractivity contribution is 0.0778. The van der Waals surface area contributed by atoms with Crippen molar-refractivity contribution in [3.8, 4) is 11.5 Å². The van der Waals surface area contributed by atoms with Gasteiger partial charge in [-0.05, 0) is 35.7 Å². The molecule has 0 saturated carbocycles. The molecular weight excluding hydrogens is 314 g/mol. The van der Waals surface area contributed by atoms with E-state index in [9.17, 15) is 4.79 Å². The van der Waals surface area contributed by atoms with Crippen LogP contribution in [0.5, 0.6) is 11.5 Å². The molecule has 23 heavy (non-hydrogen) atoms. The minimum Gasteiger partial charge on any atom is -0.497 e. The fraction of sp³-hybridized carbons (Fsp3) is 0.278. The third-order valence-corrected chi connectivity index (χ3v) is 4.31. The maximum absolute atomic E-state index is 12.6. The van der Waals surface area contributed by atoms with Crippen LogP contribution >= 0.6 is 11.6 Å². The Morgan fingerprint density at radius 3 is 2.52 bits per heavy atom. The molecule has 0 radical (unpaired) electrons. The Kier molecular flexibility index (Phi) is 4.44. The molecule has 5 heteroatoms. The number of fused-ring (bicyclic) bond motifs is 1. The molecule has 120 valence electrons. The normalized spacial score (nSPS) is 13.2. The van der Waals surface area contributed by atoms with Crippen LogP contribution in [0.3, 0.4) is 0 Å². The van der Waals surface area contributed by atoms with Crippen LogP contribution in [-0.2, 0) is 13.0 Å². The number of halogens is 1. The topological polar surface area (TPSA) is 38.8 Å². The summed E-state index contributed by atoms with van der Waals surface area (Å²) >= 11 is 5.89. The minimum atomic E-state index is 0.00784. The molecule has 0 bridgehead atoms. The third kappa shape index (κ3) is 3.13. The zero-order valence-corrected chi connectivity index (χ0v) is 13.9. The SMILES string of the molecule is COc1cc2c(c(OC)c1)C(=O)N(CCc1ccc(Cl)cc1)C2. The number of hydrogen-bond donors (Lipinski definition) is 0. The predicted molar refractivity (Wildman–Crippen MR) is 89.4 cm³/mol. The lowest BCUT2D eigenvalue weighted by Gasteiger charge is -2.15. The molecule has 2 aromatic carbocycles. The number of ether oxygens (including phenoxy) is 2. The molecular formula is C18H18ClNO3. The van der Waals surface area contributed by atoms with E-state index in [0.29, 0.717) is 30.2 Å². The molecule has 1 amide bonds. The van der Waals surface area contributed by atoms with Crippen LogP contribution in [-0.4, -0.2) is 31.6 Å². The van der Waals surface area contributed by atoms with Crippen molar-refractivity contribution in [3.05, 3.63) is 58.1 Å². The van der Waals surface area contributed by atoms with E-state index in [4.69, 9.17) is 21.1 Å². The number of nitrogens with zero attached hydrogens (tertiary/aromatic N) is 1. The van der Waals surface area contributed by atoms with Gasteiger partial charge >= 0.3 is 0 Å². The first-order valence-corrected chi connectivity index (χ1v) is 7.79. The van der Waals surface area contributed by atoms with Crippen LogP contribution in [0.15, 0.2) is 36.4 Å². The van der Waals surface area contributed by atoms with Gasteiger partial charge in [-0.1, -0.05) is 23.7 Å². The largest absolute Gasteiger partial charge is 0.497 e. The third-order valence-electron chi connectivity index (χ3n) is 4.06. The summed E-state index contributed by atoms with van der Waals surface area (Å²) in [4.78, 5) is 14.5. The van der Waals surface area contributed by atoms with Gasteiger partial charge in [-0.15, -0.1) is 0 Å². The number of carbonyl (C=O) groups is 1. The van der Waals surface area contributed by atoms with Crippen molar-refractivity contribution in [3.63, 3.8) is 0 Å². The van der Waals surface area contributed by atoms with E-state index in [-0.39, 0.29) is 5.91 Å². The second-order valence-corrected chi connectivity index (χ2v) is 5.90. The molecule has 1 aliphatic rings. The number of carbonyl (C=O) groups excluding carboxylic acids is 1. The number of hydrogen-bond acceptors (Lipinski definition) is 3. The molecule has 0 aliphatic carbocycles. The van der Waals surface area contributed by atoms with Gasteiger partial charge in [0.25, 0.3) is 5.91 Å². The summed E-state index contributed by atoms with van der Waals surface area (Å²) in [6.07, 6.45) is 0.788. The van der Waals surface area contributed by atoms with Gasteiger partial charge in [-0.25, -0.2) is 0 Å². The maximum Gasteiger partial charge on any atom is 0.258 e. The molecule has 0 N–H and O–H groups in total. The Balaban J connectivity index is 1.76. The Hall–Kier alpha value is -2.20. The molecule has 4 nitrogen and oxygen atoms in total. The number of amides is 1. The van der Waals surface area contributed by atoms with Crippen LogP contribution in [0.1, 0.15) is 21.5 Å². The van der Waals surface area contributed by atoms with Gasteiger partial charge in [0.1, 0.15) is 11.5 Å². The Morgan fingerprint density at radius 1 is 1.13 bits per heavy atom. The van der Waals surface area contributed by atoms with Crippen LogP contribution in [0.25, 0.3) is 0 Å². The van der Waals surface area contributed by atoms with E-state index in [1.807, 2.05) is 35.2 Å². The average molecular weight is 332 g/mol. The number of benzene rings is 2. The Bertz CT molecular complexity index is 728. The molecule has 1 aliphatic heterocycles. The lowest BCUT2D eigenvalue weighted by Crippen LogP contribution is -2.26. The molecule has 0 unspecified atom stereocenters. The summed E-state index contributed by atoms with van der Waals surface area (Å²) in [6, 6.07) is 11.4. The minimum absolute atomic E-state index is 0.00784. The lowest BCUT2D eigenvalue weighted by atomic mass is 10.1. The molecule has 3 rings (SSSR count). The van der Waals surface area contributed by atoms with Gasteiger partial charge in [0.15, 0.2) is 0 Å². The molecule has 1 heterocycles. The highest BCUT2D eigenvalue weighted by molar-refractivity contribution is 6.30. The van der Waals surface area contributed by atoms with Crippen LogP contribution in [0, 0.1) is 0 Å². The number of rotatable bonds is 5. The summed E-state index contributed by atoms with van der Waals surface area (Å²) in [5, 5.41) is 0.718. The first kappa shape index (κ1) is 15.7. The first-order chi connectivity index (χ1) is 11.1. The fourth-order valence-corrected chi connectivity index (χ4v) is 2.95. The van der Waals surface area contributed by atoms with E-state index < -0.39 is 0 Å². The van der Waals surface area contributed by atoms with Crippen molar-refractivity contribution in [2.45, 2.75) is 13.0 Å². The highest BCUT2D eigenvalue weighted by Gasteiger charge is 2.31. The predicted octanol–water partition coefficient (Wildman–Crippen LogP) is 3.56. The van der Waals surface area contributed by atoms with Gasteiger partial charge < -0.3 is 14.4 Å². The fourth-order valence-electron chi connectivity index (χ4n) is 2.82. The average Bonchev–Trinajstić information content (AvgIpc) is 2.89. The van der Waals surface area contributed by atoms with Gasteiger partial charge in [0, 0.05) is 24.2 Å². The standard InChI is InChI=1S/C18H18ClNO3/c1-22-15-9-13-11-20(18(21)17(13)16(10-15)23-2)8-7-12-3-5-14(19)6-4-12/h3-6,9-10H,7-8,11H2,1-2H3. The van der Waals surface area contributed by atoms with E-state index in [1.54, 1.807) is 20.3 Å². The van der Waals surface area contributed by atoms with Gasteiger partial charge in [-0.2, -0.15) is 0 Å². The van der Waals surface area contributed by atoms with E-state index in [2.05, 4.69) is 0 Å². The summed E-state index contributed by atoms with van der Waals surface area (Å²) in [5.41, 5.74) is 2.74. The smallest absolute Gasteiger partial charge is 0.258 e. The Morgan fingerprint density at radius 2 is 1.87 bits per heavy atom. The highest BCUT2D eigenvalue weighted by Crippen LogP contribution is 2.35. The molecule has 2 aromatic rings. The van der Waals surface area contributed by atoms with Crippen molar-refractivity contribution in [1.82, 2.24) is 4.90 Å². The molecule has 0 spiro atoms. The van der Waals surface area contributed by atoms with Crippen molar-refractivity contribution >= 4 is 17.5 Å². The van der Waals surface area contributed by atoms with Gasteiger partial charge in [-0.3, -0.25) is 4.79 Å². The van der Waals surface area contributed by atoms with Gasteiger partial charge in [0.05, 0.1) is 19.8 Å². The van der Waals surface area contributed by atoms with Crippen LogP contribution in [0.4, 0.5) is 0 Å². The monoisotopic (exact) mass is 331 g/mol. The van der Waals surface area contributed by atoms with E-state index >= 15 is 0 Å². The second kappa shape index (κ2) is 6.50. The van der Waals surface area contributed by atoms with Crippen molar-refractivity contribution in [2.75, 3.05) is 20.8 Å². The van der Waals surface area contributed by atoms with Gasteiger partial charge in [0.2, 0.25) is 0 Å². The highest BCUT2D eigenvalue weighted by atomic mass is 35.5. The second-order valence-electron chi connectivity index (χ2n) is 5.47. The van der Waals surface area contributed by atoms with Crippen molar-refractivity contribution in [2.24, 2.45) is 0 Å². The molecule has 0 atom stereocenters. The van der Waals surface area contributed by atoms with Crippen molar-refractivity contribution in [1.29, 1.82) is 0 Å². The van der Waals surface area contributed by atoms with Crippen LogP contribution < -0.4 is 9.47 Å². The summed E-state index contributed by atoms with van der Waals surface area (Å²) in [6.45, 7) is 1.23. The first-order valence-electron chi connectivity index (χ1n) is 7.41. The maximum atomic E-state index is 12.6. The summed E-state index contributed by atoms with van der Waals surface area (Å²) < 4.78 is 10.6. The van der Waals surface area contributed by atoms with E-state index in [0.717, 1.165) is 22.6 Å². The zero-order chi connectivity index (χ0) is 16.4. The quantitative estimate of drug-likeness (QED) is 0.841. The van der Waals surface area contributed by atoms with E-state index in [1.165, 1.54) is 0 Å². The molecule has 0 fully saturated rings. The molecule has 0 saturated heterocycles. The van der Waals surface area contributed by atoms with Crippen molar-refractivity contribution < 1.29 is 14.3 Å². The Labute approximate surface area is 140 Å². The number of methoxy groups -OCH3 is 2. The zero-order valence-electron chi connectivity index (χ0n) is 13.1. The van der Waals surface area contributed by atoms with Crippen LogP contribution in [0.2, 0.25) is 5.02 Å². The summed E-state index contributed by atoms with van der Waals surface area (Å²) in [7, 11) is 3.18. The molecule has 0 aromatic heterocycles.